The van der Waals surface area contributed by atoms with E-state index in [1.807, 2.05) is 0 Å². The molecule has 0 saturated heterocycles. The molecule has 0 bridgehead atoms. The first-order valence-corrected chi connectivity index (χ1v) is 5.80. The van der Waals surface area contributed by atoms with E-state index < -0.39 is 4.92 Å². The summed E-state index contributed by atoms with van der Waals surface area (Å²) < 4.78 is 6.81. The summed E-state index contributed by atoms with van der Waals surface area (Å²) >= 11 is 5.84. The van der Waals surface area contributed by atoms with Crippen molar-refractivity contribution in [2.24, 2.45) is 0 Å². The van der Waals surface area contributed by atoms with Crippen LogP contribution >= 0.6 is 11.6 Å². The molecule has 9 heteroatoms. The molecule has 0 atom stereocenters. The van der Waals surface area contributed by atoms with Crippen molar-refractivity contribution < 1.29 is 9.66 Å². The molecule has 0 aliphatic heterocycles. The number of nitrogens with zero attached hydrogens (tertiary/aromatic N) is 5. The Morgan fingerprint density at radius 3 is 2.95 bits per heavy atom. The van der Waals surface area contributed by atoms with Crippen LogP contribution in [0.4, 0.5) is 5.69 Å². The molecule has 2 aromatic heterocycles. The van der Waals surface area contributed by atoms with Crippen LogP contribution in [0, 0.1) is 10.1 Å². The summed E-state index contributed by atoms with van der Waals surface area (Å²) in [6.07, 6.45) is 1.28. The van der Waals surface area contributed by atoms with Gasteiger partial charge >= 0.3 is 5.69 Å². The first-order valence-electron chi connectivity index (χ1n) is 5.43. The molecule has 0 N–H and O–H groups in total. The number of nitro benzene ring substituents is 1. The topological polar surface area (TPSA) is 95.5 Å². The second-order valence-corrected chi connectivity index (χ2v) is 4.10. The van der Waals surface area contributed by atoms with Gasteiger partial charge in [-0.1, -0.05) is 23.7 Å². The fraction of sp³-hybridized carbons (Fsp3) is 0. The van der Waals surface area contributed by atoms with Crippen molar-refractivity contribution in [3.63, 3.8) is 0 Å². The van der Waals surface area contributed by atoms with Gasteiger partial charge in [0.1, 0.15) is 11.5 Å². The van der Waals surface area contributed by atoms with E-state index in [-0.39, 0.29) is 28.2 Å². The highest BCUT2D eigenvalue weighted by Gasteiger charge is 2.17. The average Bonchev–Trinajstić information content (AvgIpc) is 2.87. The Bertz CT molecular complexity index is 804. The van der Waals surface area contributed by atoms with Crippen molar-refractivity contribution in [2.45, 2.75) is 0 Å². The number of rotatable bonds is 3. The van der Waals surface area contributed by atoms with E-state index in [1.165, 1.54) is 29.0 Å². The Hall–Kier alpha value is -2.74. The summed E-state index contributed by atoms with van der Waals surface area (Å²) in [5.41, 5.74) is -0.159. The van der Waals surface area contributed by atoms with Crippen molar-refractivity contribution in [1.29, 1.82) is 0 Å². The van der Waals surface area contributed by atoms with Crippen LogP contribution < -0.4 is 4.74 Å². The highest BCUT2D eigenvalue weighted by atomic mass is 35.5. The van der Waals surface area contributed by atoms with Gasteiger partial charge in [-0.05, 0) is 6.07 Å². The molecule has 2 heterocycles. The molecule has 0 aliphatic carbocycles. The van der Waals surface area contributed by atoms with Gasteiger partial charge in [0.2, 0.25) is 11.6 Å². The van der Waals surface area contributed by atoms with Crippen LogP contribution in [0.25, 0.3) is 5.78 Å². The number of para-hydroxylation sites is 2. The van der Waals surface area contributed by atoms with Crippen LogP contribution in [0.1, 0.15) is 0 Å². The standard InChI is InChI=1S/C11H6ClN5O3/c12-9-5-10(16-11(15-9)13-6-14-16)20-8-4-2-1-3-7(8)17(18)19/h1-6H. The predicted molar refractivity (Wildman–Crippen MR) is 69.0 cm³/mol. The molecule has 3 rings (SSSR count). The molecule has 0 aliphatic rings. The molecule has 20 heavy (non-hydrogen) atoms. The Morgan fingerprint density at radius 2 is 2.15 bits per heavy atom. The number of benzene rings is 1. The summed E-state index contributed by atoms with van der Waals surface area (Å²) in [5.74, 6) is 0.509. The summed E-state index contributed by atoms with van der Waals surface area (Å²) in [6, 6.07) is 7.41. The van der Waals surface area contributed by atoms with Crippen LogP contribution in [0.2, 0.25) is 5.15 Å². The second kappa shape index (κ2) is 4.74. The van der Waals surface area contributed by atoms with E-state index in [1.54, 1.807) is 12.1 Å². The van der Waals surface area contributed by atoms with Crippen LogP contribution in [0.15, 0.2) is 36.7 Å². The molecule has 1 aromatic carbocycles. The van der Waals surface area contributed by atoms with E-state index in [0.29, 0.717) is 0 Å². The Balaban J connectivity index is 2.10. The van der Waals surface area contributed by atoms with Crippen LogP contribution in [0.5, 0.6) is 11.6 Å². The zero-order chi connectivity index (χ0) is 14.1. The third kappa shape index (κ3) is 2.12. The molecule has 0 saturated carbocycles. The van der Waals surface area contributed by atoms with Crippen molar-refractivity contribution in [1.82, 2.24) is 19.6 Å². The van der Waals surface area contributed by atoms with Crippen LogP contribution in [0.3, 0.4) is 0 Å². The zero-order valence-corrected chi connectivity index (χ0v) is 10.6. The fourth-order valence-corrected chi connectivity index (χ4v) is 1.81. The third-order valence-corrected chi connectivity index (χ3v) is 2.66. The van der Waals surface area contributed by atoms with E-state index in [9.17, 15) is 10.1 Å². The molecule has 0 fully saturated rings. The molecular formula is C11H6ClN5O3. The molecule has 0 spiro atoms. The summed E-state index contributed by atoms with van der Waals surface area (Å²) in [7, 11) is 0. The summed E-state index contributed by atoms with van der Waals surface area (Å²) in [6.45, 7) is 0. The molecule has 3 aromatic rings. The van der Waals surface area contributed by atoms with Crippen molar-refractivity contribution in [2.75, 3.05) is 0 Å². The van der Waals surface area contributed by atoms with E-state index in [0.717, 1.165) is 0 Å². The molecule has 0 radical (unpaired) electrons. The number of fused-ring (bicyclic) bond motifs is 1. The second-order valence-electron chi connectivity index (χ2n) is 3.72. The first kappa shape index (κ1) is 12.3. The number of aromatic nitrogens is 4. The maximum atomic E-state index is 10.9. The van der Waals surface area contributed by atoms with Gasteiger partial charge < -0.3 is 4.74 Å². The Kier molecular flexibility index (Phi) is 2.92. The lowest BCUT2D eigenvalue weighted by molar-refractivity contribution is -0.385. The normalized spacial score (nSPS) is 10.7. The number of nitro groups is 1. The van der Waals surface area contributed by atoms with Gasteiger partial charge in [0.15, 0.2) is 0 Å². The Morgan fingerprint density at radius 1 is 1.35 bits per heavy atom. The fourth-order valence-electron chi connectivity index (χ4n) is 1.64. The molecule has 8 nitrogen and oxygen atoms in total. The number of hydrogen-bond acceptors (Lipinski definition) is 6. The first-order chi connectivity index (χ1) is 9.65. The van der Waals surface area contributed by atoms with E-state index >= 15 is 0 Å². The Labute approximate surface area is 116 Å². The summed E-state index contributed by atoms with van der Waals surface area (Å²) in [4.78, 5) is 18.2. The molecule has 0 amide bonds. The minimum atomic E-state index is -0.531. The minimum absolute atomic E-state index is 0.0802. The number of halogens is 1. The highest BCUT2D eigenvalue weighted by molar-refractivity contribution is 6.29. The lowest BCUT2D eigenvalue weighted by Gasteiger charge is -2.07. The van der Waals surface area contributed by atoms with Gasteiger partial charge in [-0.2, -0.15) is 19.6 Å². The van der Waals surface area contributed by atoms with Crippen molar-refractivity contribution in [3.05, 3.63) is 51.9 Å². The largest absolute Gasteiger partial charge is 0.432 e. The lowest BCUT2D eigenvalue weighted by Crippen LogP contribution is -1.99. The quantitative estimate of drug-likeness (QED) is 0.418. The molecule has 100 valence electrons. The molecule has 0 unspecified atom stereocenters. The average molecular weight is 292 g/mol. The number of ether oxygens (including phenoxy) is 1. The number of hydrogen-bond donors (Lipinski definition) is 0. The smallest absolute Gasteiger partial charge is 0.311 e. The minimum Gasteiger partial charge on any atom is -0.432 e. The predicted octanol–water partition coefficient (Wildman–Crippen LogP) is 2.48. The summed E-state index contributed by atoms with van der Waals surface area (Å²) in [5, 5.41) is 15.0. The van der Waals surface area contributed by atoms with E-state index in [4.69, 9.17) is 16.3 Å². The highest BCUT2D eigenvalue weighted by Crippen LogP contribution is 2.31. The lowest BCUT2D eigenvalue weighted by atomic mass is 10.3. The van der Waals surface area contributed by atoms with Gasteiger partial charge in [-0.25, -0.2) is 0 Å². The maximum absolute atomic E-state index is 10.9. The van der Waals surface area contributed by atoms with Crippen molar-refractivity contribution in [3.8, 4) is 11.6 Å². The zero-order valence-electron chi connectivity index (χ0n) is 9.80. The van der Waals surface area contributed by atoms with Gasteiger partial charge in [0.05, 0.1) is 4.92 Å². The van der Waals surface area contributed by atoms with Gasteiger partial charge in [-0.3, -0.25) is 10.1 Å². The molecular weight excluding hydrogens is 286 g/mol. The van der Waals surface area contributed by atoms with Crippen LogP contribution in [-0.4, -0.2) is 24.5 Å². The third-order valence-electron chi connectivity index (χ3n) is 2.46. The van der Waals surface area contributed by atoms with Crippen LogP contribution in [-0.2, 0) is 0 Å². The SMILES string of the molecule is O=[N+]([O-])c1ccccc1Oc1cc(Cl)nc2ncnn12. The van der Waals surface area contributed by atoms with Gasteiger partial charge in [0, 0.05) is 12.1 Å². The van der Waals surface area contributed by atoms with Gasteiger partial charge in [-0.15, -0.1) is 0 Å². The van der Waals surface area contributed by atoms with E-state index in [2.05, 4.69) is 15.1 Å². The monoisotopic (exact) mass is 291 g/mol. The van der Waals surface area contributed by atoms with Crippen molar-refractivity contribution >= 4 is 23.1 Å². The maximum Gasteiger partial charge on any atom is 0.311 e. The van der Waals surface area contributed by atoms with Gasteiger partial charge in [0.25, 0.3) is 5.78 Å².